The molecule has 7 nitrogen and oxygen atoms in total. The van der Waals surface area contributed by atoms with Crippen molar-refractivity contribution in [3.8, 4) is 22.9 Å². The first-order valence-corrected chi connectivity index (χ1v) is 9.01. The molecule has 0 saturated heterocycles. The Morgan fingerprint density at radius 1 is 1.29 bits per heavy atom. The molecule has 146 valence electrons. The third-order valence-corrected chi connectivity index (χ3v) is 4.46. The molecule has 0 saturated carbocycles. The monoisotopic (exact) mass is 401 g/mol. The number of ether oxygens (including phenoxy) is 2. The van der Waals surface area contributed by atoms with Gasteiger partial charge in [-0.15, -0.1) is 0 Å². The summed E-state index contributed by atoms with van der Waals surface area (Å²) in [5.74, 6) is 1.58. The molecule has 8 heteroatoms. The van der Waals surface area contributed by atoms with Crippen LogP contribution in [0, 0.1) is 6.92 Å². The number of nitrogens with one attached hydrogen (secondary N) is 1. The maximum Gasteiger partial charge on any atom is 0.258 e. The smallest absolute Gasteiger partial charge is 0.258 e. The Labute approximate surface area is 167 Å². The van der Waals surface area contributed by atoms with Gasteiger partial charge in [-0.1, -0.05) is 28.9 Å². The highest BCUT2D eigenvalue weighted by molar-refractivity contribution is 6.31. The number of rotatable bonds is 7. The highest BCUT2D eigenvalue weighted by atomic mass is 35.5. The van der Waals surface area contributed by atoms with E-state index in [1.54, 1.807) is 32.2 Å². The van der Waals surface area contributed by atoms with Crippen LogP contribution in [0.1, 0.15) is 24.4 Å². The highest BCUT2D eigenvalue weighted by Crippen LogP contribution is 2.28. The predicted octanol–water partition coefficient (Wildman–Crippen LogP) is 3.96. The van der Waals surface area contributed by atoms with Crippen LogP contribution in [-0.4, -0.2) is 29.8 Å². The quantitative estimate of drug-likeness (QED) is 0.644. The van der Waals surface area contributed by atoms with Crippen molar-refractivity contribution in [2.24, 2.45) is 0 Å². The molecule has 3 rings (SSSR count). The predicted molar refractivity (Wildman–Crippen MR) is 105 cm³/mol. The van der Waals surface area contributed by atoms with E-state index in [0.29, 0.717) is 27.9 Å². The van der Waals surface area contributed by atoms with Gasteiger partial charge in [-0.25, -0.2) is 0 Å². The maximum absolute atomic E-state index is 12.2. The van der Waals surface area contributed by atoms with Crippen molar-refractivity contribution in [2.75, 3.05) is 13.7 Å². The normalized spacial score (nSPS) is 11.7. The number of benzene rings is 2. The molecule has 1 atom stereocenters. The second-order valence-electron chi connectivity index (χ2n) is 6.15. The second kappa shape index (κ2) is 8.75. The molecule has 2 aromatic carbocycles. The Balaban J connectivity index is 1.60. The Hall–Kier alpha value is -3.06. The number of nitrogens with zero attached hydrogens (tertiary/aromatic N) is 2. The van der Waals surface area contributed by atoms with Gasteiger partial charge in [0.2, 0.25) is 11.7 Å². The van der Waals surface area contributed by atoms with Crippen molar-refractivity contribution < 1.29 is 18.8 Å². The van der Waals surface area contributed by atoms with E-state index in [4.69, 9.17) is 25.6 Å². The molecule has 0 spiro atoms. The summed E-state index contributed by atoms with van der Waals surface area (Å²) in [6.45, 7) is 3.48. The number of amides is 1. The first-order valence-electron chi connectivity index (χ1n) is 8.63. The number of hydrogen-bond acceptors (Lipinski definition) is 6. The van der Waals surface area contributed by atoms with Gasteiger partial charge in [0, 0.05) is 5.02 Å². The zero-order valence-electron chi connectivity index (χ0n) is 15.7. The molecule has 1 N–H and O–H groups in total. The van der Waals surface area contributed by atoms with Crippen molar-refractivity contribution in [3.05, 3.63) is 58.9 Å². The lowest BCUT2D eigenvalue weighted by Crippen LogP contribution is -2.31. The molecule has 28 heavy (non-hydrogen) atoms. The lowest BCUT2D eigenvalue weighted by Gasteiger charge is -2.11. The van der Waals surface area contributed by atoms with Crippen molar-refractivity contribution in [2.45, 2.75) is 19.9 Å². The minimum atomic E-state index is -0.473. The van der Waals surface area contributed by atoms with E-state index < -0.39 is 6.04 Å². The summed E-state index contributed by atoms with van der Waals surface area (Å²) in [4.78, 5) is 16.5. The molecule has 0 radical (unpaired) electrons. The number of para-hydroxylation sites is 1. The standard InChI is InChI=1S/C20H20ClN3O4/c1-12-10-14(8-9-16(12)21)27-11-18(25)22-13(2)20-23-19(24-28-20)15-6-4-5-7-17(15)26-3/h4-10,13H,11H2,1-3H3,(H,22,25)/t13-/m0/s1. The van der Waals surface area contributed by atoms with Crippen molar-refractivity contribution in [3.63, 3.8) is 0 Å². The fourth-order valence-electron chi connectivity index (χ4n) is 2.55. The van der Waals surface area contributed by atoms with Crippen LogP contribution in [0.15, 0.2) is 47.0 Å². The van der Waals surface area contributed by atoms with Crippen molar-refractivity contribution >= 4 is 17.5 Å². The summed E-state index contributed by atoms with van der Waals surface area (Å²) < 4.78 is 16.1. The van der Waals surface area contributed by atoms with Crippen LogP contribution < -0.4 is 14.8 Å². The third kappa shape index (κ3) is 4.61. The van der Waals surface area contributed by atoms with Crippen LogP contribution in [-0.2, 0) is 4.79 Å². The average molecular weight is 402 g/mol. The SMILES string of the molecule is COc1ccccc1-c1noc([C@H](C)NC(=O)COc2ccc(Cl)c(C)c2)n1. The molecule has 1 amide bonds. The van der Waals surface area contributed by atoms with E-state index in [1.807, 2.05) is 31.2 Å². The molecule has 0 bridgehead atoms. The number of carbonyl (C=O) groups excluding carboxylic acids is 1. The molecular weight excluding hydrogens is 382 g/mol. The van der Waals surface area contributed by atoms with Gasteiger partial charge in [0.25, 0.3) is 5.91 Å². The summed E-state index contributed by atoms with van der Waals surface area (Å²) in [7, 11) is 1.57. The summed E-state index contributed by atoms with van der Waals surface area (Å²) in [5, 5.41) is 7.39. The molecule has 3 aromatic rings. The molecule has 0 aliphatic carbocycles. The summed E-state index contributed by atoms with van der Waals surface area (Å²) in [6, 6.07) is 12.1. The van der Waals surface area contributed by atoms with E-state index in [2.05, 4.69) is 15.5 Å². The molecule has 1 aromatic heterocycles. The van der Waals surface area contributed by atoms with Gasteiger partial charge < -0.3 is 19.3 Å². The van der Waals surface area contributed by atoms with E-state index in [1.165, 1.54) is 0 Å². The summed E-state index contributed by atoms with van der Waals surface area (Å²) in [6.07, 6.45) is 0. The Morgan fingerprint density at radius 3 is 2.82 bits per heavy atom. The number of methoxy groups -OCH3 is 1. The molecular formula is C20H20ClN3O4. The Kier molecular flexibility index (Phi) is 6.16. The Morgan fingerprint density at radius 2 is 2.07 bits per heavy atom. The van der Waals surface area contributed by atoms with Gasteiger partial charge in [-0.3, -0.25) is 4.79 Å². The average Bonchev–Trinajstić information content (AvgIpc) is 3.19. The fourth-order valence-corrected chi connectivity index (χ4v) is 2.67. The highest BCUT2D eigenvalue weighted by Gasteiger charge is 2.19. The van der Waals surface area contributed by atoms with Gasteiger partial charge in [-0.05, 0) is 49.7 Å². The van der Waals surface area contributed by atoms with E-state index in [0.717, 1.165) is 5.56 Å². The molecule has 0 aliphatic rings. The van der Waals surface area contributed by atoms with E-state index in [-0.39, 0.29) is 18.4 Å². The van der Waals surface area contributed by atoms with Crippen LogP contribution in [0.3, 0.4) is 0 Å². The summed E-state index contributed by atoms with van der Waals surface area (Å²) >= 11 is 5.98. The largest absolute Gasteiger partial charge is 0.496 e. The number of halogens is 1. The van der Waals surface area contributed by atoms with Crippen molar-refractivity contribution in [1.29, 1.82) is 0 Å². The number of hydrogen-bond donors (Lipinski definition) is 1. The molecule has 1 heterocycles. The van der Waals surface area contributed by atoms with Gasteiger partial charge in [0.15, 0.2) is 6.61 Å². The van der Waals surface area contributed by atoms with Crippen LogP contribution >= 0.6 is 11.6 Å². The van der Waals surface area contributed by atoms with Crippen LogP contribution in [0.25, 0.3) is 11.4 Å². The van der Waals surface area contributed by atoms with Crippen LogP contribution in [0.4, 0.5) is 0 Å². The van der Waals surface area contributed by atoms with E-state index in [9.17, 15) is 4.79 Å². The third-order valence-electron chi connectivity index (χ3n) is 4.04. The number of carbonyl (C=O) groups is 1. The molecule has 0 fully saturated rings. The number of aromatic nitrogens is 2. The van der Waals surface area contributed by atoms with Crippen LogP contribution in [0.5, 0.6) is 11.5 Å². The fraction of sp³-hybridized carbons (Fsp3) is 0.250. The Bertz CT molecular complexity index is 974. The lowest BCUT2D eigenvalue weighted by atomic mass is 10.2. The second-order valence-corrected chi connectivity index (χ2v) is 6.55. The number of aryl methyl sites for hydroxylation is 1. The summed E-state index contributed by atoms with van der Waals surface area (Å²) in [5.41, 5.74) is 1.59. The molecule has 0 aliphatic heterocycles. The lowest BCUT2D eigenvalue weighted by molar-refractivity contribution is -0.123. The molecule has 0 unspecified atom stereocenters. The van der Waals surface area contributed by atoms with E-state index >= 15 is 0 Å². The zero-order valence-corrected chi connectivity index (χ0v) is 16.5. The van der Waals surface area contributed by atoms with Gasteiger partial charge in [-0.2, -0.15) is 4.98 Å². The topological polar surface area (TPSA) is 86.5 Å². The maximum atomic E-state index is 12.2. The van der Waals surface area contributed by atoms with Crippen LogP contribution in [0.2, 0.25) is 5.02 Å². The minimum absolute atomic E-state index is 0.140. The minimum Gasteiger partial charge on any atom is -0.496 e. The van der Waals surface area contributed by atoms with Gasteiger partial charge in [0.05, 0.1) is 12.7 Å². The first-order chi connectivity index (χ1) is 13.5. The van der Waals surface area contributed by atoms with Gasteiger partial charge in [0.1, 0.15) is 17.5 Å². The van der Waals surface area contributed by atoms with Gasteiger partial charge >= 0.3 is 0 Å². The zero-order chi connectivity index (χ0) is 20.1. The van der Waals surface area contributed by atoms with Crippen molar-refractivity contribution in [1.82, 2.24) is 15.5 Å². The first kappa shape index (κ1) is 19.7.